The highest BCUT2D eigenvalue weighted by Crippen LogP contribution is 2.26. The van der Waals surface area contributed by atoms with Crippen molar-refractivity contribution in [1.29, 1.82) is 0 Å². The lowest BCUT2D eigenvalue weighted by molar-refractivity contribution is 0.146. The number of halogens is 2. The Kier molecular flexibility index (Phi) is 2.77. The Morgan fingerprint density at radius 3 is 2.69 bits per heavy atom. The van der Waals surface area contributed by atoms with Gasteiger partial charge in [-0.1, -0.05) is 0 Å². The van der Waals surface area contributed by atoms with Gasteiger partial charge in [0.25, 0.3) is 6.43 Å². The van der Waals surface area contributed by atoms with Gasteiger partial charge in [0.1, 0.15) is 5.82 Å². The van der Waals surface area contributed by atoms with E-state index >= 15 is 0 Å². The van der Waals surface area contributed by atoms with Crippen LogP contribution in [0, 0.1) is 6.92 Å². The van der Waals surface area contributed by atoms with Crippen molar-refractivity contribution in [3.05, 3.63) is 22.9 Å². The van der Waals surface area contributed by atoms with E-state index in [4.69, 9.17) is 10.8 Å². The van der Waals surface area contributed by atoms with Crippen LogP contribution in [0.15, 0.2) is 6.20 Å². The normalized spacial score (nSPS) is 10.8. The first-order valence-electron chi connectivity index (χ1n) is 3.70. The summed E-state index contributed by atoms with van der Waals surface area (Å²) in [6, 6.07) is 0. The third-order valence-electron chi connectivity index (χ3n) is 1.92. The fraction of sp³-hybridized carbons (Fsp3) is 0.375. The third-order valence-corrected chi connectivity index (χ3v) is 1.92. The number of hydrogen-bond donors (Lipinski definition) is 2. The summed E-state index contributed by atoms with van der Waals surface area (Å²) in [6.45, 7) is 1.11. The average molecular weight is 188 g/mol. The molecule has 0 aromatic carbocycles. The summed E-state index contributed by atoms with van der Waals surface area (Å²) in [5.41, 5.74) is 5.73. The smallest absolute Gasteiger partial charge is 0.265 e. The Morgan fingerprint density at radius 2 is 2.23 bits per heavy atom. The number of aliphatic hydroxyl groups excluding tert-OH is 1. The molecule has 5 heteroatoms. The van der Waals surface area contributed by atoms with Gasteiger partial charge in [0.15, 0.2) is 0 Å². The zero-order chi connectivity index (χ0) is 10.0. The third kappa shape index (κ3) is 1.75. The van der Waals surface area contributed by atoms with E-state index in [1.807, 2.05) is 0 Å². The summed E-state index contributed by atoms with van der Waals surface area (Å²) >= 11 is 0. The predicted molar refractivity (Wildman–Crippen MR) is 44.3 cm³/mol. The van der Waals surface area contributed by atoms with Gasteiger partial charge in [0, 0.05) is 11.8 Å². The van der Waals surface area contributed by atoms with E-state index in [2.05, 4.69) is 4.98 Å². The van der Waals surface area contributed by atoms with Crippen molar-refractivity contribution >= 4 is 5.82 Å². The number of nitrogen functional groups attached to an aromatic ring is 1. The second-order valence-electron chi connectivity index (χ2n) is 2.66. The van der Waals surface area contributed by atoms with Gasteiger partial charge >= 0.3 is 0 Å². The standard InChI is InChI=1S/C8H10F2N2O/c1-4-6(3-13)5(7(9)10)2-12-8(4)11/h2,7,13H,3H2,1H3,(H2,11,12). The van der Waals surface area contributed by atoms with Crippen molar-refractivity contribution in [2.75, 3.05) is 5.73 Å². The molecule has 1 aromatic rings. The number of rotatable bonds is 2. The molecule has 1 rings (SSSR count). The average Bonchev–Trinajstić information content (AvgIpc) is 2.09. The van der Waals surface area contributed by atoms with E-state index in [9.17, 15) is 8.78 Å². The van der Waals surface area contributed by atoms with E-state index < -0.39 is 13.0 Å². The van der Waals surface area contributed by atoms with E-state index in [0.717, 1.165) is 6.20 Å². The molecule has 0 saturated carbocycles. The lowest BCUT2D eigenvalue weighted by Gasteiger charge is -2.10. The van der Waals surface area contributed by atoms with E-state index in [1.165, 1.54) is 0 Å². The minimum Gasteiger partial charge on any atom is -0.392 e. The highest BCUT2D eigenvalue weighted by molar-refractivity contribution is 5.46. The number of hydrogen-bond acceptors (Lipinski definition) is 3. The Morgan fingerprint density at radius 1 is 1.62 bits per heavy atom. The summed E-state index contributed by atoms with van der Waals surface area (Å²) < 4.78 is 24.7. The Balaban J connectivity index is 3.30. The maximum absolute atomic E-state index is 12.3. The first kappa shape index (κ1) is 9.85. The number of pyridine rings is 1. The van der Waals surface area contributed by atoms with Crippen molar-refractivity contribution in [2.24, 2.45) is 0 Å². The summed E-state index contributed by atoms with van der Waals surface area (Å²) in [7, 11) is 0. The van der Waals surface area contributed by atoms with Crippen LogP contribution in [0.25, 0.3) is 0 Å². The molecule has 0 spiro atoms. The molecule has 13 heavy (non-hydrogen) atoms. The van der Waals surface area contributed by atoms with Crippen LogP contribution in [0.5, 0.6) is 0 Å². The van der Waals surface area contributed by atoms with Crippen molar-refractivity contribution < 1.29 is 13.9 Å². The van der Waals surface area contributed by atoms with Gasteiger partial charge in [-0.25, -0.2) is 13.8 Å². The quantitative estimate of drug-likeness (QED) is 0.737. The summed E-state index contributed by atoms with van der Waals surface area (Å²) in [5, 5.41) is 8.86. The van der Waals surface area contributed by atoms with Crippen LogP contribution in [0.3, 0.4) is 0 Å². The van der Waals surface area contributed by atoms with Crippen LogP contribution in [0.2, 0.25) is 0 Å². The molecule has 72 valence electrons. The van der Waals surface area contributed by atoms with Crippen molar-refractivity contribution in [3.8, 4) is 0 Å². The van der Waals surface area contributed by atoms with Gasteiger partial charge in [-0.3, -0.25) is 0 Å². The largest absolute Gasteiger partial charge is 0.392 e. The number of aromatic nitrogens is 1. The van der Waals surface area contributed by atoms with Crippen molar-refractivity contribution in [1.82, 2.24) is 4.98 Å². The maximum Gasteiger partial charge on any atom is 0.265 e. The monoisotopic (exact) mass is 188 g/mol. The van der Waals surface area contributed by atoms with E-state index in [1.54, 1.807) is 6.92 Å². The molecule has 0 unspecified atom stereocenters. The van der Waals surface area contributed by atoms with Crippen LogP contribution < -0.4 is 5.73 Å². The highest BCUT2D eigenvalue weighted by atomic mass is 19.3. The molecule has 0 bridgehead atoms. The fourth-order valence-corrected chi connectivity index (χ4v) is 1.08. The molecule has 0 aliphatic carbocycles. The van der Waals surface area contributed by atoms with E-state index in [-0.39, 0.29) is 16.9 Å². The summed E-state index contributed by atoms with van der Waals surface area (Å²) in [6.07, 6.45) is -1.63. The molecular weight excluding hydrogens is 178 g/mol. The first-order valence-corrected chi connectivity index (χ1v) is 3.70. The highest BCUT2D eigenvalue weighted by Gasteiger charge is 2.16. The summed E-state index contributed by atoms with van der Waals surface area (Å²) in [5.74, 6) is 0.174. The van der Waals surface area contributed by atoms with E-state index in [0.29, 0.717) is 5.56 Å². The zero-order valence-electron chi connectivity index (χ0n) is 7.09. The van der Waals surface area contributed by atoms with Gasteiger partial charge in [0.2, 0.25) is 0 Å². The fourth-order valence-electron chi connectivity index (χ4n) is 1.08. The lowest BCUT2D eigenvalue weighted by atomic mass is 10.1. The molecule has 3 nitrogen and oxygen atoms in total. The number of anilines is 1. The van der Waals surface area contributed by atoms with Gasteiger partial charge in [-0.15, -0.1) is 0 Å². The molecule has 0 fully saturated rings. The van der Waals surface area contributed by atoms with Gasteiger partial charge in [-0.05, 0) is 18.1 Å². The molecule has 3 N–H and O–H groups in total. The van der Waals surface area contributed by atoms with Gasteiger partial charge in [0.05, 0.1) is 6.61 Å². The molecule has 0 radical (unpaired) electrons. The minimum atomic E-state index is -2.63. The second-order valence-corrected chi connectivity index (χ2v) is 2.66. The number of nitrogens with two attached hydrogens (primary N) is 1. The SMILES string of the molecule is Cc1c(N)ncc(C(F)F)c1CO. The first-order chi connectivity index (χ1) is 6.07. The Labute approximate surface area is 74.2 Å². The molecule has 1 heterocycles. The lowest BCUT2D eigenvalue weighted by Crippen LogP contribution is -2.04. The number of nitrogens with zero attached hydrogens (tertiary/aromatic N) is 1. The zero-order valence-corrected chi connectivity index (χ0v) is 7.09. The van der Waals surface area contributed by atoms with Crippen LogP contribution >= 0.6 is 0 Å². The van der Waals surface area contributed by atoms with Gasteiger partial charge in [-0.2, -0.15) is 0 Å². The Hall–Kier alpha value is -1.23. The Bertz CT molecular complexity index is 315. The maximum atomic E-state index is 12.3. The topological polar surface area (TPSA) is 59.1 Å². The summed E-state index contributed by atoms with van der Waals surface area (Å²) in [4.78, 5) is 3.60. The van der Waals surface area contributed by atoms with Crippen LogP contribution in [0.1, 0.15) is 23.1 Å². The number of aliphatic hydroxyl groups is 1. The van der Waals surface area contributed by atoms with Crippen LogP contribution in [0.4, 0.5) is 14.6 Å². The van der Waals surface area contributed by atoms with Crippen molar-refractivity contribution in [2.45, 2.75) is 20.0 Å². The molecule has 0 atom stereocenters. The molecule has 0 saturated heterocycles. The molecule has 0 aliphatic rings. The van der Waals surface area contributed by atoms with Crippen molar-refractivity contribution in [3.63, 3.8) is 0 Å². The molecule has 0 amide bonds. The molecule has 0 aliphatic heterocycles. The second kappa shape index (κ2) is 3.66. The minimum absolute atomic E-state index is 0.169. The number of alkyl halides is 2. The van der Waals surface area contributed by atoms with Crippen LogP contribution in [-0.2, 0) is 6.61 Å². The van der Waals surface area contributed by atoms with Gasteiger partial charge < -0.3 is 10.8 Å². The van der Waals surface area contributed by atoms with Crippen LogP contribution in [-0.4, -0.2) is 10.1 Å². The molecular formula is C8H10F2N2O. The molecule has 1 aromatic heterocycles. The predicted octanol–water partition coefficient (Wildman–Crippen LogP) is 1.40.